The number of nitrogens with two attached hydrogens (primary N) is 1. The highest BCUT2D eigenvalue weighted by Crippen LogP contribution is 2.31. The molecule has 1 aliphatic rings. The summed E-state index contributed by atoms with van der Waals surface area (Å²) in [5, 5.41) is 17.5. The van der Waals surface area contributed by atoms with E-state index in [0.717, 1.165) is 0 Å². The summed E-state index contributed by atoms with van der Waals surface area (Å²) in [4.78, 5) is 25.2. The molecular weight excluding hydrogens is 274 g/mol. The van der Waals surface area contributed by atoms with Crippen molar-refractivity contribution in [3.05, 3.63) is 48.2 Å². The Labute approximate surface area is 121 Å². The Hall–Kier alpha value is -2.67. The van der Waals surface area contributed by atoms with E-state index in [9.17, 15) is 9.59 Å². The molecule has 7 nitrogen and oxygen atoms in total. The van der Waals surface area contributed by atoms with Crippen LogP contribution in [0.4, 0.5) is 5.82 Å². The highest BCUT2D eigenvalue weighted by molar-refractivity contribution is 5.90. The molecule has 1 aromatic heterocycles. The van der Waals surface area contributed by atoms with Gasteiger partial charge in [0.1, 0.15) is 5.82 Å². The molecule has 1 aliphatic carbocycles. The van der Waals surface area contributed by atoms with Gasteiger partial charge in [0.25, 0.3) is 0 Å². The lowest BCUT2D eigenvalue weighted by Gasteiger charge is -2.23. The number of anilines is 1. The third-order valence-electron chi connectivity index (χ3n) is 2.90. The number of aromatic nitrogens is 1. The molecule has 21 heavy (non-hydrogen) atoms. The average molecular weight is 291 g/mol. The Bertz CT molecular complexity index is 569. The molecule has 2 rings (SSSR count). The lowest BCUT2D eigenvalue weighted by molar-refractivity contribution is -0.145. The molecule has 1 aromatic rings. The van der Waals surface area contributed by atoms with Gasteiger partial charge in [-0.2, -0.15) is 0 Å². The Balaban J connectivity index is 0.000000235. The minimum Gasteiger partial charge on any atom is -0.481 e. The molecule has 5 N–H and O–H groups in total. The van der Waals surface area contributed by atoms with Crippen molar-refractivity contribution < 1.29 is 19.8 Å². The SMILES string of the molecule is CC1(C(=O)O)C=CC=C(C(=O)O)C1.NNc1ccccn1. The van der Waals surface area contributed by atoms with Crippen molar-refractivity contribution >= 4 is 17.8 Å². The molecule has 0 aromatic carbocycles. The molecule has 0 fully saturated rings. The summed E-state index contributed by atoms with van der Waals surface area (Å²) < 4.78 is 0. The molecule has 112 valence electrons. The van der Waals surface area contributed by atoms with E-state index < -0.39 is 17.4 Å². The molecule has 0 aliphatic heterocycles. The highest BCUT2D eigenvalue weighted by Gasteiger charge is 2.34. The summed E-state index contributed by atoms with van der Waals surface area (Å²) in [7, 11) is 0. The van der Waals surface area contributed by atoms with Crippen LogP contribution in [0.15, 0.2) is 48.2 Å². The smallest absolute Gasteiger partial charge is 0.331 e. The fourth-order valence-electron chi connectivity index (χ4n) is 1.63. The number of pyridine rings is 1. The van der Waals surface area contributed by atoms with E-state index >= 15 is 0 Å². The number of allylic oxidation sites excluding steroid dienone is 2. The predicted octanol–water partition coefficient (Wildman–Crippen LogP) is 1.42. The van der Waals surface area contributed by atoms with Gasteiger partial charge in [0.2, 0.25) is 0 Å². The first kappa shape index (κ1) is 16.4. The van der Waals surface area contributed by atoms with Crippen LogP contribution in [0, 0.1) is 5.41 Å². The number of rotatable bonds is 3. The zero-order valence-electron chi connectivity index (χ0n) is 11.5. The molecule has 1 heterocycles. The van der Waals surface area contributed by atoms with Crippen molar-refractivity contribution in [2.24, 2.45) is 11.3 Å². The van der Waals surface area contributed by atoms with E-state index in [1.54, 1.807) is 12.3 Å². The number of hydrazine groups is 1. The van der Waals surface area contributed by atoms with E-state index in [1.807, 2.05) is 12.1 Å². The van der Waals surface area contributed by atoms with Crippen LogP contribution in [-0.2, 0) is 9.59 Å². The molecule has 0 spiro atoms. The summed E-state index contributed by atoms with van der Waals surface area (Å²) in [6.45, 7) is 1.50. The number of carboxylic acids is 2. The quantitative estimate of drug-likeness (QED) is 0.490. The van der Waals surface area contributed by atoms with Crippen LogP contribution in [0.3, 0.4) is 0 Å². The first-order valence-corrected chi connectivity index (χ1v) is 6.12. The maximum atomic E-state index is 10.8. The van der Waals surface area contributed by atoms with Gasteiger partial charge in [-0.05, 0) is 25.5 Å². The van der Waals surface area contributed by atoms with Crippen molar-refractivity contribution in [1.29, 1.82) is 0 Å². The van der Waals surface area contributed by atoms with Gasteiger partial charge >= 0.3 is 11.9 Å². The van der Waals surface area contributed by atoms with Crippen molar-refractivity contribution in [3.63, 3.8) is 0 Å². The van der Waals surface area contributed by atoms with E-state index in [2.05, 4.69) is 10.4 Å². The Morgan fingerprint density at radius 2 is 2.10 bits per heavy atom. The zero-order chi connectivity index (χ0) is 15.9. The average Bonchev–Trinajstić information content (AvgIpc) is 2.48. The standard InChI is InChI=1S/C9H10O4.C5H7N3/c1-9(8(12)13)4-2-3-6(5-9)7(10)11;6-8-5-3-1-2-4-7-5/h2-4H,5H2,1H3,(H,10,11)(H,12,13);1-4H,6H2,(H,7,8). The molecule has 0 saturated heterocycles. The van der Waals surface area contributed by atoms with E-state index in [-0.39, 0.29) is 12.0 Å². The maximum absolute atomic E-state index is 10.8. The number of nitrogen functional groups attached to an aromatic ring is 1. The minimum atomic E-state index is -1.08. The van der Waals surface area contributed by atoms with Gasteiger partial charge in [0.05, 0.1) is 5.41 Å². The van der Waals surface area contributed by atoms with E-state index in [4.69, 9.17) is 16.1 Å². The van der Waals surface area contributed by atoms with Gasteiger partial charge in [-0.1, -0.05) is 24.3 Å². The van der Waals surface area contributed by atoms with Gasteiger partial charge in [-0.25, -0.2) is 15.6 Å². The fourth-order valence-corrected chi connectivity index (χ4v) is 1.63. The third-order valence-corrected chi connectivity index (χ3v) is 2.90. The molecule has 0 radical (unpaired) electrons. The highest BCUT2D eigenvalue weighted by atomic mass is 16.4. The first-order chi connectivity index (χ1) is 9.89. The fraction of sp³-hybridized carbons (Fsp3) is 0.214. The zero-order valence-corrected chi connectivity index (χ0v) is 11.5. The van der Waals surface area contributed by atoms with Crippen LogP contribution in [0.1, 0.15) is 13.3 Å². The van der Waals surface area contributed by atoms with Crippen molar-refractivity contribution in [2.45, 2.75) is 13.3 Å². The number of nitrogens with zero attached hydrogens (tertiary/aromatic N) is 1. The summed E-state index contributed by atoms with van der Waals surface area (Å²) in [6.07, 6.45) is 6.11. The van der Waals surface area contributed by atoms with Crippen LogP contribution in [0.5, 0.6) is 0 Å². The Morgan fingerprint density at radius 3 is 2.52 bits per heavy atom. The van der Waals surface area contributed by atoms with Gasteiger partial charge in [0.15, 0.2) is 0 Å². The lowest BCUT2D eigenvalue weighted by Crippen LogP contribution is -2.28. The largest absolute Gasteiger partial charge is 0.481 e. The molecule has 0 saturated carbocycles. The first-order valence-electron chi connectivity index (χ1n) is 6.12. The minimum absolute atomic E-state index is 0.0359. The number of hydrogen-bond donors (Lipinski definition) is 4. The molecule has 0 bridgehead atoms. The second-order valence-corrected chi connectivity index (χ2v) is 4.61. The second-order valence-electron chi connectivity index (χ2n) is 4.61. The van der Waals surface area contributed by atoms with Gasteiger partial charge in [0, 0.05) is 11.8 Å². The number of aliphatic carboxylic acids is 2. The Morgan fingerprint density at radius 1 is 1.38 bits per heavy atom. The van der Waals surface area contributed by atoms with Crippen LogP contribution in [0.2, 0.25) is 0 Å². The molecule has 0 amide bonds. The van der Waals surface area contributed by atoms with Gasteiger partial charge < -0.3 is 15.6 Å². The van der Waals surface area contributed by atoms with Crippen LogP contribution < -0.4 is 11.3 Å². The second kappa shape index (κ2) is 7.20. The number of nitrogens with one attached hydrogen (secondary N) is 1. The third kappa shape index (κ3) is 4.73. The van der Waals surface area contributed by atoms with Gasteiger partial charge in [-0.15, -0.1) is 0 Å². The van der Waals surface area contributed by atoms with E-state index in [1.165, 1.54) is 25.2 Å². The predicted molar refractivity (Wildman–Crippen MR) is 77.3 cm³/mol. The normalized spacial score (nSPS) is 19.8. The molecule has 1 atom stereocenters. The number of carboxylic acid groups (broad SMARTS) is 2. The molecule has 7 heteroatoms. The number of carbonyl (C=O) groups is 2. The topological polar surface area (TPSA) is 126 Å². The van der Waals surface area contributed by atoms with Crippen LogP contribution >= 0.6 is 0 Å². The van der Waals surface area contributed by atoms with Crippen LogP contribution in [0.25, 0.3) is 0 Å². The van der Waals surface area contributed by atoms with Crippen molar-refractivity contribution in [1.82, 2.24) is 4.98 Å². The summed E-state index contributed by atoms with van der Waals surface area (Å²) in [6, 6.07) is 5.49. The summed E-state index contributed by atoms with van der Waals surface area (Å²) in [5.41, 5.74) is 1.47. The lowest BCUT2D eigenvalue weighted by atomic mass is 9.80. The molecule has 1 unspecified atom stereocenters. The Kier molecular flexibility index (Phi) is 5.62. The maximum Gasteiger partial charge on any atom is 0.331 e. The monoisotopic (exact) mass is 291 g/mol. The van der Waals surface area contributed by atoms with Crippen LogP contribution in [-0.4, -0.2) is 27.1 Å². The number of hydrogen-bond acceptors (Lipinski definition) is 5. The van der Waals surface area contributed by atoms with Gasteiger partial charge in [-0.3, -0.25) is 4.79 Å². The van der Waals surface area contributed by atoms with E-state index in [0.29, 0.717) is 5.82 Å². The molecular formula is C14H17N3O4. The summed E-state index contributed by atoms with van der Waals surface area (Å²) in [5.74, 6) is 3.66. The van der Waals surface area contributed by atoms with Crippen molar-refractivity contribution in [2.75, 3.05) is 5.43 Å². The van der Waals surface area contributed by atoms with Crippen molar-refractivity contribution in [3.8, 4) is 0 Å². The summed E-state index contributed by atoms with van der Waals surface area (Å²) >= 11 is 0.